The lowest BCUT2D eigenvalue weighted by atomic mass is 10.3. The van der Waals surface area contributed by atoms with Crippen molar-refractivity contribution in [2.24, 2.45) is 0 Å². The molecule has 0 bridgehead atoms. The summed E-state index contributed by atoms with van der Waals surface area (Å²) in [7, 11) is 0. The molecule has 0 fully saturated rings. The quantitative estimate of drug-likeness (QED) is 0.718. The van der Waals surface area contributed by atoms with Gasteiger partial charge in [0, 0.05) is 5.69 Å². The molecule has 2 aromatic heterocycles. The van der Waals surface area contributed by atoms with Crippen molar-refractivity contribution < 1.29 is 0 Å². The molecular weight excluding hydrogens is 238 g/mol. The monoisotopic (exact) mass is 253 g/mol. The maximum atomic E-state index is 4.47. The van der Waals surface area contributed by atoms with Crippen LogP contribution in [0.15, 0.2) is 42.6 Å². The van der Waals surface area contributed by atoms with Crippen molar-refractivity contribution in [1.29, 1.82) is 0 Å². The van der Waals surface area contributed by atoms with Gasteiger partial charge in [-0.3, -0.25) is 4.68 Å². The SMILES string of the molecule is Cc1cc(C)n(Cc2cnn(-c3ccccc3)n2)n1. The third-order valence-electron chi connectivity index (χ3n) is 2.94. The standard InChI is InChI=1S/C14H15N5/c1-11-8-12(2)18(16-11)10-13-9-15-19(17-13)14-6-4-3-5-7-14/h3-9H,10H2,1-2H3. The van der Waals surface area contributed by atoms with E-state index in [2.05, 4.69) is 21.4 Å². The molecule has 2 heterocycles. The smallest absolute Gasteiger partial charge is 0.105 e. The van der Waals surface area contributed by atoms with Crippen LogP contribution in [0.3, 0.4) is 0 Å². The van der Waals surface area contributed by atoms with Gasteiger partial charge in [-0.1, -0.05) is 18.2 Å². The number of aryl methyl sites for hydroxylation is 2. The van der Waals surface area contributed by atoms with E-state index in [1.165, 1.54) is 0 Å². The maximum absolute atomic E-state index is 4.47. The van der Waals surface area contributed by atoms with Gasteiger partial charge in [-0.15, -0.1) is 0 Å². The number of aromatic nitrogens is 5. The van der Waals surface area contributed by atoms with Crippen LogP contribution in [0.25, 0.3) is 5.69 Å². The summed E-state index contributed by atoms with van der Waals surface area (Å²) in [5, 5.41) is 13.2. The molecule has 5 nitrogen and oxygen atoms in total. The fraction of sp³-hybridized carbons (Fsp3) is 0.214. The molecule has 3 aromatic rings. The first-order chi connectivity index (χ1) is 9.22. The van der Waals surface area contributed by atoms with E-state index in [4.69, 9.17) is 0 Å². The zero-order chi connectivity index (χ0) is 13.2. The molecule has 1 aromatic carbocycles. The molecular formula is C14H15N5. The van der Waals surface area contributed by atoms with Crippen molar-refractivity contribution >= 4 is 0 Å². The molecule has 5 heteroatoms. The van der Waals surface area contributed by atoms with Gasteiger partial charge in [0.15, 0.2) is 0 Å². The summed E-state index contributed by atoms with van der Waals surface area (Å²) in [6, 6.07) is 11.9. The third kappa shape index (κ3) is 2.40. The Balaban J connectivity index is 1.84. The predicted octanol–water partition coefficient (Wildman–Crippen LogP) is 2.13. The van der Waals surface area contributed by atoms with E-state index in [1.54, 1.807) is 11.0 Å². The highest BCUT2D eigenvalue weighted by Crippen LogP contribution is 2.07. The predicted molar refractivity (Wildman–Crippen MR) is 72.2 cm³/mol. The van der Waals surface area contributed by atoms with Crippen LogP contribution in [0.1, 0.15) is 17.1 Å². The molecule has 0 spiro atoms. The Bertz CT molecular complexity index is 681. The van der Waals surface area contributed by atoms with Gasteiger partial charge in [-0.05, 0) is 32.0 Å². The lowest BCUT2D eigenvalue weighted by Gasteiger charge is -2.00. The van der Waals surface area contributed by atoms with Crippen LogP contribution in [0, 0.1) is 13.8 Å². The number of rotatable bonds is 3. The second kappa shape index (κ2) is 4.68. The van der Waals surface area contributed by atoms with Gasteiger partial charge in [0.1, 0.15) is 5.69 Å². The summed E-state index contributed by atoms with van der Waals surface area (Å²) in [6.45, 7) is 4.68. The largest absolute Gasteiger partial charge is 0.263 e. The van der Waals surface area contributed by atoms with Gasteiger partial charge in [0.05, 0.1) is 24.1 Å². The fourth-order valence-electron chi connectivity index (χ4n) is 2.04. The van der Waals surface area contributed by atoms with Crippen LogP contribution in [-0.2, 0) is 6.54 Å². The van der Waals surface area contributed by atoms with Crippen LogP contribution in [0.5, 0.6) is 0 Å². The first kappa shape index (κ1) is 11.6. The minimum Gasteiger partial charge on any atom is -0.263 e. The summed E-state index contributed by atoms with van der Waals surface area (Å²) in [4.78, 5) is 1.64. The van der Waals surface area contributed by atoms with Crippen LogP contribution in [0.2, 0.25) is 0 Å². The summed E-state index contributed by atoms with van der Waals surface area (Å²) < 4.78 is 1.94. The number of hydrogen-bond acceptors (Lipinski definition) is 3. The summed E-state index contributed by atoms with van der Waals surface area (Å²) in [5.41, 5.74) is 4.01. The van der Waals surface area contributed by atoms with E-state index in [1.807, 2.05) is 48.9 Å². The Morgan fingerprint density at radius 1 is 1.05 bits per heavy atom. The second-order valence-corrected chi connectivity index (χ2v) is 4.55. The molecule has 0 aliphatic carbocycles. The Morgan fingerprint density at radius 2 is 1.84 bits per heavy atom. The van der Waals surface area contributed by atoms with Crippen molar-refractivity contribution in [3.05, 3.63) is 59.7 Å². The zero-order valence-electron chi connectivity index (χ0n) is 11.0. The van der Waals surface area contributed by atoms with E-state index < -0.39 is 0 Å². The average Bonchev–Trinajstić information content (AvgIpc) is 2.99. The van der Waals surface area contributed by atoms with Crippen LogP contribution in [0.4, 0.5) is 0 Å². The topological polar surface area (TPSA) is 48.5 Å². The average molecular weight is 253 g/mol. The molecule has 0 amide bonds. The Morgan fingerprint density at radius 3 is 2.53 bits per heavy atom. The molecule has 0 radical (unpaired) electrons. The maximum Gasteiger partial charge on any atom is 0.105 e. The van der Waals surface area contributed by atoms with Crippen molar-refractivity contribution in [3.8, 4) is 5.69 Å². The zero-order valence-corrected chi connectivity index (χ0v) is 11.0. The van der Waals surface area contributed by atoms with Gasteiger partial charge in [0.25, 0.3) is 0 Å². The first-order valence-corrected chi connectivity index (χ1v) is 6.20. The molecule has 0 unspecified atom stereocenters. The van der Waals surface area contributed by atoms with Crippen LogP contribution >= 0.6 is 0 Å². The first-order valence-electron chi connectivity index (χ1n) is 6.20. The van der Waals surface area contributed by atoms with Gasteiger partial charge in [-0.2, -0.15) is 20.1 Å². The molecule has 0 atom stereocenters. The van der Waals surface area contributed by atoms with Crippen molar-refractivity contribution in [3.63, 3.8) is 0 Å². The number of benzene rings is 1. The molecule has 0 aliphatic heterocycles. The van der Waals surface area contributed by atoms with Crippen LogP contribution < -0.4 is 0 Å². The van der Waals surface area contributed by atoms with Gasteiger partial charge in [-0.25, -0.2) is 0 Å². The van der Waals surface area contributed by atoms with Gasteiger partial charge in [0.2, 0.25) is 0 Å². The molecule has 0 saturated carbocycles. The molecule has 0 N–H and O–H groups in total. The minimum absolute atomic E-state index is 0.645. The molecule has 19 heavy (non-hydrogen) atoms. The van der Waals surface area contributed by atoms with E-state index in [9.17, 15) is 0 Å². The molecule has 0 saturated heterocycles. The number of para-hydroxylation sites is 1. The van der Waals surface area contributed by atoms with Crippen LogP contribution in [-0.4, -0.2) is 24.8 Å². The van der Waals surface area contributed by atoms with Crippen molar-refractivity contribution in [2.45, 2.75) is 20.4 Å². The summed E-state index contributed by atoms with van der Waals surface area (Å²) in [6.07, 6.45) is 1.78. The minimum atomic E-state index is 0.645. The molecule has 96 valence electrons. The van der Waals surface area contributed by atoms with E-state index in [-0.39, 0.29) is 0 Å². The van der Waals surface area contributed by atoms with Crippen molar-refractivity contribution in [1.82, 2.24) is 24.8 Å². The Labute approximate surface area is 111 Å². The normalized spacial score (nSPS) is 10.8. The lowest BCUT2D eigenvalue weighted by Crippen LogP contribution is -2.05. The Kier molecular flexibility index (Phi) is 2.87. The number of nitrogens with zero attached hydrogens (tertiary/aromatic N) is 5. The second-order valence-electron chi connectivity index (χ2n) is 4.55. The molecule has 3 rings (SSSR count). The third-order valence-corrected chi connectivity index (χ3v) is 2.94. The van der Waals surface area contributed by atoms with E-state index >= 15 is 0 Å². The lowest BCUT2D eigenvalue weighted by molar-refractivity contribution is 0.635. The van der Waals surface area contributed by atoms with E-state index in [0.29, 0.717) is 6.54 Å². The summed E-state index contributed by atoms with van der Waals surface area (Å²) in [5.74, 6) is 0. The highest BCUT2D eigenvalue weighted by molar-refractivity contribution is 5.28. The van der Waals surface area contributed by atoms with Gasteiger partial charge >= 0.3 is 0 Å². The Hall–Kier alpha value is -2.43. The summed E-state index contributed by atoms with van der Waals surface area (Å²) >= 11 is 0. The van der Waals surface area contributed by atoms with Gasteiger partial charge < -0.3 is 0 Å². The van der Waals surface area contributed by atoms with Crippen molar-refractivity contribution in [2.75, 3.05) is 0 Å². The fourth-order valence-corrected chi connectivity index (χ4v) is 2.04. The number of hydrogen-bond donors (Lipinski definition) is 0. The highest BCUT2D eigenvalue weighted by Gasteiger charge is 2.06. The van der Waals surface area contributed by atoms with E-state index in [0.717, 1.165) is 22.8 Å². The molecule has 0 aliphatic rings. The highest BCUT2D eigenvalue weighted by atomic mass is 15.5.